The van der Waals surface area contributed by atoms with Crippen molar-refractivity contribution in [3.8, 4) is 0 Å². The minimum Gasteiger partial charge on any atom is -0.354 e. The second-order valence-corrected chi connectivity index (χ2v) is 6.48. The van der Waals surface area contributed by atoms with Crippen LogP contribution in [-0.4, -0.2) is 24.9 Å². The van der Waals surface area contributed by atoms with Gasteiger partial charge in [-0.25, -0.2) is 9.97 Å². The number of fused-ring (bicyclic) bond motifs is 1. The fourth-order valence-corrected chi connectivity index (χ4v) is 3.52. The van der Waals surface area contributed by atoms with Crippen molar-refractivity contribution >= 4 is 35.2 Å². The first kappa shape index (κ1) is 15.0. The Morgan fingerprint density at radius 1 is 1.32 bits per heavy atom. The number of halogens is 1. The van der Waals surface area contributed by atoms with E-state index in [9.17, 15) is 4.39 Å². The molecule has 0 amide bonds. The van der Waals surface area contributed by atoms with Crippen LogP contribution in [0.3, 0.4) is 0 Å². The number of aryl methyl sites for hydroxylation is 1. The lowest BCUT2D eigenvalue weighted by molar-refractivity contribution is 0.456. The Morgan fingerprint density at radius 2 is 2.09 bits per heavy atom. The largest absolute Gasteiger partial charge is 0.354 e. The summed E-state index contributed by atoms with van der Waals surface area (Å²) in [4.78, 5) is 11.9. The van der Waals surface area contributed by atoms with Crippen molar-refractivity contribution in [1.29, 1.82) is 0 Å². The Balaban J connectivity index is 1.96. The third-order valence-electron chi connectivity index (χ3n) is 3.54. The van der Waals surface area contributed by atoms with Gasteiger partial charge in [0.25, 0.3) is 0 Å². The van der Waals surface area contributed by atoms with E-state index < -0.39 is 6.07 Å². The van der Waals surface area contributed by atoms with Gasteiger partial charge in [-0.1, -0.05) is 24.3 Å². The molecule has 0 saturated heterocycles. The van der Waals surface area contributed by atoms with Crippen molar-refractivity contribution in [2.75, 3.05) is 11.9 Å². The van der Waals surface area contributed by atoms with Crippen molar-refractivity contribution in [3.05, 3.63) is 52.7 Å². The normalized spacial score (nSPS) is 12.5. The van der Waals surface area contributed by atoms with E-state index in [1.165, 1.54) is 4.88 Å². The summed E-state index contributed by atoms with van der Waals surface area (Å²) in [6.45, 7) is 2.59. The predicted octanol–water partition coefficient (Wildman–Crippen LogP) is 3.77. The maximum atomic E-state index is 13.5. The maximum Gasteiger partial charge on any atom is 0.150 e. The first-order valence-electron chi connectivity index (χ1n) is 6.96. The molecule has 6 heteroatoms. The highest BCUT2D eigenvalue weighted by molar-refractivity contribution is 7.19. The predicted molar refractivity (Wildman–Crippen MR) is 90.3 cm³/mol. The lowest BCUT2D eigenvalue weighted by Crippen LogP contribution is -2.19. The quantitative estimate of drug-likeness (QED) is 0.687. The number of alkyl halides is 1. The smallest absolute Gasteiger partial charge is 0.150 e. The highest BCUT2D eigenvalue weighted by atomic mass is 32.1. The molecule has 0 bridgehead atoms. The number of anilines is 1. The molecule has 22 heavy (non-hydrogen) atoms. The minimum atomic E-state index is -1.47. The summed E-state index contributed by atoms with van der Waals surface area (Å²) in [5.41, 5.74) is 2.32. The lowest BCUT2D eigenvalue weighted by Gasteiger charge is -2.21. The van der Waals surface area contributed by atoms with Gasteiger partial charge < -0.3 is 4.90 Å². The summed E-state index contributed by atoms with van der Waals surface area (Å²) in [6, 6.07) is 9.34. The van der Waals surface area contributed by atoms with Crippen molar-refractivity contribution in [2.45, 2.75) is 19.5 Å². The van der Waals surface area contributed by atoms with Gasteiger partial charge in [0.15, 0.2) is 0 Å². The molecule has 2 heterocycles. The van der Waals surface area contributed by atoms with Gasteiger partial charge in [-0.2, -0.15) is 0 Å². The monoisotopic (exact) mass is 311 g/mol. The molecule has 110 valence electrons. The van der Waals surface area contributed by atoms with E-state index in [2.05, 4.69) is 9.97 Å². The molecule has 1 atom stereocenters. The first-order valence-corrected chi connectivity index (χ1v) is 7.77. The number of nitrogens with zero attached hydrogens (tertiary/aromatic N) is 3. The molecule has 3 rings (SSSR count). The van der Waals surface area contributed by atoms with E-state index in [1.54, 1.807) is 29.8 Å². The molecule has 0 aliphatic rings. The van der Waals surface area contributed by atoms with E-state index in [1.807, 2.05) is 37.1 Å². The number of aromatic nitrogens is 2. The van der Waals surface area contributed by atoms with Gasteiger partial charge in [0, 0.05) is 18.5 Å². The van der Waals surface area contributed by atoms with E-state index >= 15 is 0 Å². The molecular weight excluding hydrogens is 296 g/mol. The molecule has 0 spiro atoms. The molecular formula is C16H15BFN3S. The summed E-state index contributed by atoms with van der Waals surface area (Å²) in [6.07, 6.45) is 0.0895. The summed E-state index contributed by atoms with van der Waals surface area (Å²) in [7, 11) is 7.36. The van der Waals surface area contributed by atoms with Crippen LogP contribution in [0.2, 0.25) is 0 Å². The van der Waals surface area contributed by atoms with Gasteiger partial charge in [0.1, 0.15) is 20.0 Å². The van der Waals surface area contributed by atoms with E-state index in [-0.39, 0.29) is 0 Å². The number of rotatable bonds is 4. The highest BCUT2D eigenvalue weighted by Crippen LogP contribution is 2.31. The van der Waals surface area contributed by atoms with Crippen molar-refractivity contribution in [3.63, 3.8) is 0 Å². The Labute approximate surface area is 134 Å². The van der Waals surface area contributed by atoms with Gasteiger partial charge in [0.05, 0.1) is 16.3 Å². The fraction of sp³-hybridized carbons (Fsp3) is 0.250. The maximum absolute atomic E-state index is 13.5. The van der Waals surface area contributed by atoms with Crippen LogP contribution in [0.1, 0.15) is 22.1 Å². The number of benzene rings is 1. The zero-order chi connectivity index (χ0) is 15.7. The summed E-state index contributed by atoms with van der Waals surface area (Å²) < 4.78 is 14.6. The van der Waals surface area contributed by atoms with Gasteiger partial charge in [-0.05, 0) is 24.1 Å². The van der Waals surface area contributed by atoms with Crippen LogP contribution < -0.4 is 4.90 Å². The van der Waals surface area contributed by atoms with Crippen LogP contribution in [0.15, 0.2) is 36.7 Å². The molecule has 0 aliphatic carbocycles. The standard InChI is InChI=1S/C16H15BFN3S/c1-10-7-13-14(22-10)16(20-9-19-13)21(2)8-11-5-3-4-6-12(11)15(17)18/h3-7,9,15H,8H2,1-2H3. The third kappa shape index (κ3) is 2.83. The Morgan fingerprint density at radius 3 is 2.86 bits per heavy atom. The summed E-state index contributed by atoms with van der Waals surface area (Å²) >= 11 is 1.66. The molecule has 0 saturated carbocycles. The zero-order valence-electron chi connectivity index (χ0n) is 12.5. The summed E-state index contributed by atoms with van der Waals surface area (Å²) in [5.74, 6) is 0.852. The second-order valence-electron chi connectivity index (χ2n) is 5.23. The molecule has 3 nitrogen and oxygen atoms in total. The Kier molecular flexibility index (Phi) is 4.11. The van der Waals surface area contributed by atoms with Crippen molar-refractivity contribution < 1.29 is 4.39 Å². The minimum absolute atomic E-state index is 0.516. The van der Waals surface area contributed by atoms with Gasteiger partial charge in [0.2, 0.25) is 0 Å². The Hall–Kier alpha value is -1.95. The first-order chi connectivity index (χ1) is 10.6. The van der Waals surface area contributed by atoms with Crippen molar-refractivity contribution in [2.24, 2.45) is 0 Å². The molecule has 2 aromatic heterocycles. The lowest BCUT2D eigenvalue weighted by atomic mass is 9.90. The molecule has 0 fully saturated rings. The van der Waals surface area contributed by atoms with Crippen LogP contribution in [0, 0.1) is 6.92 Å². The van der Waals surface area contributed by atoms with Crippen molar-refractivity contribution in [1.82, 2.24) is 9.97 Å². The molecule has 1 unspecified atom stereocenters. The molecule has 1 aromatic carbocycles. The van der Waals surface area contributed by atoms with Gasteiger partial charge in [-0.15, -0.1) is 11.3 Å². The summed E-state index contributed by atoms with van der Waals surface area (Å²) in [5, 5.41) is 0. The molecule has 3 aromatic rings. The zero-order valence-corrected chi connectivity index (χ0v) is 13.3. The van der Waals surface area contributed by atoms with Crippen LogP contribution in [0.25, 0.3) is 10.2 Å². The van der Waals surface area contributed by atoms with Gasteiger partial charge in [-0.3, -0.25) is 4.39 Å². The third-order valence-corrected chi connectivity index (χ3v) is 4.57. The SMILES string of the molecule is [B]C(F)c1ccccc1CN(C)c1ncnc2cc(C)sc12. The van der Waals surface area contributed by atoms with E-state index in [0.717, 1.165) is 21.6 Å². The van der Waals surface area contributed by atoms with E-state index in [0.29, 0.717) is 12.1 Å². The average molecular weight is 311 g/mol. The van der Waals surface area contributed by atoms with Crippen LogP contribution >= 0.6 is 11.3 Å². The number of hydrogen-bond acceptors (Lipinski definition) is 4. The number of thiophene rings is 1. The van der Waals surface area contributed by atoms with Crippen LogP contribution in [0.4, 0.5) is 10.2 Å². The fourth-order valence-electron chi connectivity index (χ4n) is 2.51. The van der Waals surface area contributed by atoms with Crippen LogP contribution in [0.5, 0.6) is 0 Å². The average Bonchev–Trinajstić information content (AvgIpc) is 2.87. The topological polar surface area (TPSA) is 29.0 Å². The highest BCUT2D eigenvalue weighted by Gasteiger charge is 2.14. The van der Waals surface area contributed by atoms with E-state index in [4.69, 9.17) is 7.85 Å². The molecule has 0 N–H and O–H groups in total. The number of hydrogen-bond donors (Lipinski definition) is 0. The molecule has 2 radical (unpaired) electrons. The van der Waals surface area contributed by atoms with Gasteiger partial charge >= 0.3 is 0 Å². The van der Waals surface area contributed by atoms with Crippen LogP contribution in [-0.2, 0) is 6.54 Å². The molecule has 0 aliphatic heterocycles. The second kappa shape index (κ2) is 6.05. The Bertz CT molecular complexity index is 803.